The largest absolute Gasteiger partial charge is 0.355 e. The maximum absolute atomic E-state index is 11.8. The fraction of sp³-hybridized carbons (Fsp3) is 0.500. The fourth-order valence-corrected chi connectivity index (χ4v) is 2.37. The van der Waals surface area contributed by atoms with Crippen LogP contribution in [0.15, 0.2) is 24.3 Å². The average Bonchev–Trinajstić information content (AvgIpc) is 2.56. The molecule has 1 saturated heterocycles. The molecule has 4 heteroatoms. The van der Waals surface area contributed by atoms with Crippen molar-refractivity contribution < 1.29 is 4.79 Å². The molecule has 0 spiro atoms. The normalized spacial score (nSPS) is 22.1. The Bertz CT molecular complexity index is 405. The highest BCUT2D eigenvalue weighted by molar-refractivity contribution is 6.30. The van der Waals surface area contributed by atoms with Crippen molar-refractivity contribution in [2.24, 2.45) is 0 Å². The molecule has 1 fully saturated rings. The van der Waals surface area contributed by atoms with Crippen molar-refractivity contribution in [2.75, 3.05) is 6.54 Å². The van der Waals surface area contributed by atoms with Crippen molar-refractivity contribution in [3.8, 4) is 0 Å². The first-order valence-corrected chi connectivity index (χ1v) is 6.84. The van der Waals surface area contributed by atoms with Crippen LogP contribution in [0.1, 0.15) is 37.8 Å². The van der Waals surface area contributed by atoms with Crippen LogP contribution in [-0.2, 0) is 4.79 Å². The summed E-state index contributed by atoms with van der Waals surface area (Å²) in [5.41, 5.74) is 1.15. The van der Waals surface area contributed by atoms with Gasteiger partial charge in [-0.2, -0.15) is 0 Å². The number of hydrogen-bond acceptors (Lipinski definition) is 2. The first-order valence-electron chi connectivity index (χ1n) is 6.46. The number of amides is 1. The van der Waals surface area contributed by atoms with E-state index in [1.807, 2.05) is 24.3 Å². The van der Waals surface area contributed by atoms with Gasteiger partial charge in [0.2, 0.25) is 5.91 Å². The molecule has 1 aliphatic heterocycles. The number of rotatable bonds is 3. The van der Waals surface area contributed by atoms with Gasteiger partial charge in [-0.15, -0.1) is 0 Å². The zero-order valence-corrected chi connectivity index (χ0v) is 11.3. The Hall–Kier alpha value is -1.06. The van der Waals surface area contributed by atoms with Crippen LogP contribution in [0.5, 0.6) is 0 Å². The molecule has 98 valence electrons. The van der Waals surface area contributed by atoms with E-state index >= 15 is 0 Å². The lowest BCUT2D eigenvalue weighted by Crippen LogP contribution is -2.43. The topological polar surface area (TPSA) is 41.1 Å². The van der Waals surface area contributed by atoms with Crippen molar-refractivity contribution in [1.29, 1.82) is 0 Å². The molecule has 0 bridgehead atoms. The molecule has 1 amide bonds. The quantitative estimate of drug-likeness (QED) is 0.883. The molecule has 2 N–H and O–H groups in total. The second kappa shape index (κ2) is 6.21. The van der Waals surface area contributed by atoms with Gasteiger partial charge < -0.3 is 5.32 Å². The Kier molecular flexibility index (Phi) is 4.61. The second-order valence-corrected chi connectivity index (χ2v) is 5.22. The van der Waals surface area contributed by atoms with Gasteiger partial charge in [0.1, 0.15) is 0 Å². The number of halogens is 1. The Morgan fingerprint density at radius 2 is 2.06 bits per heavy atom. The Labute approximate surface area is 113 Å². The Morgan fingerprint density at radius 1 is 1.33 bits per heavy atom. The van der Waals surface area contributed by atoms with E-state index in [4.69, 9.17) is 11.6 Å². The van der Waals surface area contributed by atoms with E-state index in [0.29, 0.717) is 0 Å². The fourth-order valence-electron chi connectivity index (χ4n) is 2.25. The smallest absolute Gasteiger partial charge is 0.237 e. The summed E-state index contributed by atoms with van der Waals surface area (Å²) in [6, 6.07) is 7.81. The summed E-state index contributed by atoms with van der Waals surface area (Å²) in [6.45, 7) is 2.87. The number of benzene rings is 1. The highest BCUT2D eigenvalue weighted by Crippen LogP contribution is 2.18. The van der Waals surface area contributed by atoms with E-state index in [1.165, 1.54) is 0 Å². The molecule has 1 aromatic carbocycles. The van der Waals surface area contributed by atoms with Crippen LogP contribution in [0.25, 0.3) is 0 Å². The summed E-state index contributed by atoms with van der Waals surface area (Å²) in [7, 11) is 0. The van der Waals surface area contributed by atoms with Crippen LogP contribution in [-0.4, -0.2) is 18.5 Å². The summed E-state index contributed by atoms with van der Waals surface area (Å²) < 4.78 is 0. The Morgan fingerprint density at radius 3 is 2.78 bits per heavy atom. The van der Waals surface area contributed by atoms with Gasteiger partial charge in [-0.25, -0.2) is 0 Å². The predicted molar refractivity (Wildman–Crippen MR) is 73.7 cm³/mol. The van der Waals surface area contributed by atoms with E-state index < -0.39 is 0 Å². The van der Waals surface area contributed by atoms with E-state index in [9.17, 15) is 4.79 Å². The highest BCUT2D eigenvalue weighted by Gasteiger charge is 2.22. The predicted octanol–water partition coefficient (Wildman–Crippen LogP) is 2.66. The lowest BCUT2D eigenvalue weighted by atomic mass is 10.1. The minimum atomic E-state index is -0.0850. The van der Waals surface area contributed by atoms with Crippen LogP contribution in [0.2, 0.25) is 5.02 Å². The van der Waals surface area contributed by atoms with Crippen LogP contribution < -0.4 is 10.6 Å². The lowest BCUT2D eigenvalue weighted by Gasteiger charge is -2.21. The summed E-state index contributed by atoms with van der Waals surface area (Å²) in [5.74, 6) is 0.119. The summed E-state index contributed by atoms with van der Waals surface area (Å²) in [4.78, 5) is 11.8. The minimum absolute atomic E-state index is 0.0850. The first kappa shape index (κ1) is 13.4. The van der Waals surface area contributed by atoms with E-state index in [0.717, 1.165) is 36.4 Å². The third kappa shape index (κ3) is 3.47. The van der Waals surface area contributed by atoms with Crippen molar-refractivity contribution in [3.63, 3.8) is 0 Å². The molecule has 0 aliphatic carbocycles. The molecule has 0 aromatic heterocycles. The molecular formula is C14H19ClN2O. The zero-order valence-electron chi connectivity index (χ0n) is 10.6. The standard InChI is InChI=1S/C14H19ClN2O/c1-10(11-5-7-12(15)8-6-11)17-13-4-2-3-9-16-14(13)18/h5-8,10,13,17H,2-4,9H2,1H3,(H,16,18)/t10-,13?/m0/s1. The van der Waals surface area contributed by atoms with Gasteiger partial charge in [0.25, 0.3) is 0 Å². The zero-order chi connectivity index (χ0) is 13.0. The molecule has 2 atom stereocenters. The van der Waals surface area contributed by atoms with Gasteiger partial charge in [0.15, 0.2) is 0 Å². The highest BCUT2D eigenvalue weighted by atomic mass is 35.5. The summed E-state index contributed by atoms with van der Waals surface area (Å²) in [5, 5.41) is 7.06. The van der Waals surface area contributed by atoms with Gasteiger partial charge in [0, 0.05) is 17.6 Å². The van der Waals surface area contributed by atoms with Gasteiger partial charge >= 0.3 is 0 Å². The minimum Gasteiger partial charge on any atom is -0.355 e. The van der Waals surface area contributed by atoms with Crippen LogP contribution in [0.3, 0.4) is 0 Å². The average molecular weight is 267 g/mol. The second-order valence-electron chi connectivity index (χ2n) is 4.78. The molecule has 3 nitrogen and oxygen atoms in total. The van der Waals surface area contributed by atoms with Crippen molar-refractivity contribution in [3.05, 3.63) is 34.9 Å². The third-order valence-electron chi connectivity index (χ3n) is 3.36. The van der Waals surface area contributed by atoms with Gasteiger partial charge in [-0.3, -0.25) is 10.1 Å². The van der Waals surface area contributed by atoms with E-state index in [1.54, 1.807) is 0 Å². The van der Waals surface area contributed by atoms with Crippen molar-refractivity contribution >= 4 is 17.5 Å². The summed E-state index contributed by atoms with van der Waals surface area (Å²) in [6.07, 6.45) is 3.06. The van der Waals surface area contributed by atoms with Gasteiger partial charge in [-0.05, 0) is 43.9 Å². The molecule has 18 heavy (non-hydrogen) atoms. The van der Waals surface area contributed by atoms with E-state index in [-0.39, 0.29) is 18.0 Å². The molecule has 1 heterocycles. The van der Waals surface area contributed by atoms with Gasteiger partial charge in [-0.1, -0.05) is 23.7 Å². The number of carbonyl (C=O) groups excluding carboxylic acids is 1. The van der Waals surface area contributed by atoms with Crippen molar-refractivity contribution in [2.45, 2.75) is 38.3 Å². The monoisotopic (exact) mass is 266 g/mol. The molecule has 1 aromatic rings. The number of nitrogens with one attached hydrogen (secondary N) is 2. The van der Waals surface area contributed by atoms with E-state index in [2.05, 4.69) is 17.6 Å². The molecule has 2 rings (SSSR count). The molecule has 0 saturated carbocycles. The maximum Gasteiger partial charge on any atom is 0.237 e. The van der Waals surface area contributed by atoms with Crippen LogP contribution >= 0.6 is 11.6 Å². The number of hydrogen-bond donors (Lipinski definition) is 2. The SMILES string of the molecule is C[C@H](NC1CCCCNC1=O)c1ccc(Cl)cc1. The first-order chi connectivity index (χ1) is 8.66. The van der Waals surface area contributed by atoms with Crippen LogP contribution in [0, 0.1) is 0 Å². The molecule has 0 radical (unpaired) electrons. The van der Waals surface area contributed by atoms with Crippen LogP contribution in [0.4, 0.5) is 0 Å². The summed E-state index contributed by atoms with van der Waals surface area (Å²) >= 11 is 5.87. The van der Waals surface area contributed by atoms with Crippen molar-refractivity contribution in [1.82, 2.24) is 10.6 Å². The number of carbonyl (C=O) groups is 1. The Balaban J connectivity index is 1.99. The maximum atomic E-state index is 11.8. The molecular weight excluding hydrogens is 248 g/mol. The lowest BCUT2D eigenvalue weighted by molar-refractivity contribution is -0.123. The molecule has 1 unspecified atom stereocenters. The van der Waals surface area contributed by atoms with Gasteiger partial charge in [0.05, 0.1) is 6.04 Å². The third-order valence-corrected chi connectivity index (χ3v) is 3.61. The molecule has 1 aliphatic rings.